The molecule has 0 aromatic carbocycles. The first-order valence-electron chi connectivity index (χ1n) is 3.38. The van der Waals surface area contributed by atoms with Gasteiger partial charge in [0.25, 0.3) is 0 Å². The second-order valence-electron chi connectivity index (χ2n) is 2.09. The predicted octanol–water partition coefficient (Wildman–Crippen LogP) is 2.33. The quantitative estimate of drug-likeness (QED) is 0.492. The van der Waals surface area contributed by atoms with E-state index in [1.165, 1.54) is 0 Å². The molecule has 1 aromatic rings. The largest absolute Gasteiger partial charge is 0.293 e. The highest BCUT2D eigenvalue weighted by molar-refractivity contribution is 6.29. The summed E-state index contributed by atoms with van der Waals surface area (Å²) < 4.78 is 0. The SMILES string of the molecule is CC=NCc1ccc(Cl)nc1. The summed E-state index contributed by atoms with van der Waals surface area (Å²) in [6.07, 6.45) is 3.50. The van der Waals surface area contributed by atoms with E-state index in [-0.39, 0.29) is 0 Å². The van der Waals surface area contributed by atoms with E-state index >= 15 is 0 Å². The highest BCUT2D eigenvalue weighted by atomic mass is 35.5. The van der Waals surface area contributed by atoms with Crippen LogP contribution in [-0.4, -0.2) is 11.2 Å². The van der Waals surface area contributed by atoms with Crippen molar-refractivity contribution in [3.05, 3.63) is 29.0 Å². The van der Waals surface area contributed by atoms with Crippen molar-refractivity contribution >= 4 is 17.8 Å². The van der Waals surface area contributed by atoms with E-state index in [4.69, 9.17) is 11.6 Å². The maximum absolute atomic E-state index is 5.60. The van der Waals surface area contributed by atoms with E-state index in [0.29, 0.717) is 11.7 Å². The third kappa shape index (κ3) is 2.68. The lowest BCUT2D eigenvalue weighted by atomic mass is 10.3. The number of hydrogen-bond donors (Lipinski definition) is 0. The van der Waals surface area contributed by atoms with Crippen LogP contribution in [0, 0.1) is 0 Å². The van der Waals surface area contributed by atoms with Crippen molar-refractivity contribution in [1.82, 2.24) is 4.98 Å². The molecule has 2 nitrogen and oxygen atoms in total. The van der Waals surface area contributed by atoms with Gasteiger partial charge in [-0.25, -0.2) is 4.98 Å². The Balaban J connectivity index is 2.66. The summed E-state index contributed by atoms with van der Waals surface area (Å²) in [4.78, 5) is 7.99. The Morgan fingerprint density at radius 2 is 2.45 bits per heavy atom. The Bertz CT molecular complexity index is 241. The minimum atomic E-state index is 0.522. The minimum Gasteiger partial charge on any atom is -0.293 e. The summed E-state index contributed by atoms with van der Waals surface area (Å²) in [5.74, 6) is 0. The second-order valence-corrected chi connectivity index (χ2v) is 2.48. The molecule has 58 valence electrons. The Labute approximate surface area is 70.9 Å². The van der Waals surface area contributed by atoms with Crippen LogP contribution in [0.2, 0.25) is 5.15 Å². The second kappa shape index (κ2) is 4.09. The van der Waals surface area contributed by atoms with E-state index < -0.39 is 0 Å². The van der Waals surface area contributed by atoms with Gasteiger partial charge in [0.2, 0.25) is 0 Å². The summed E-state index contributed by atoms with van der Waals surface area (Å²) in [7, 11) is 0. The van der Waals surface area contributed by atoms with Crippen molar-refractivity contribution in [3.63, 3.8) is 0 Å². The summed E-state index contributed by atoms with van der Waals surface area (Å²) in [6, 6.07) is 3.68. The van der Waals surface area contributed by atoms with Crippen molar-refractivity contribution in [3.8, 4) is 0 Å². The van der Waals surface area contributed by atoms with Gasteiger partial charge in [0.15, 0.2) is 0 Å². The van der Waals surface area contributed by atoms with E-state index in [0.717, 1.165) is 5.56 Å². The Morgan fingerprint density at radius 1 is 1.64 bits per heavy atom. The van der Waals surface area contributed by atoms with Crippen LogP contribution in [0.15, 0.2) is 23.3 Å². The molecule has 1 rings (SSSR count). The van der Waals surface area contributed by atoms with Gasteiger partial charge < -0.3 is 0 Å². The molecule has 0 saturated carbocycles. The van der Waals surface area contributed by atoms with Gasteiger partial charge in [0, 0.05) is 6.20 Å². The summed E-state index contributed by atoms with van der Waals surface area (Å²) in [5.41, 5.74) is 1.08. The van der Waals surface area contributed by atoms with Gasteiger partial charge in [0.1, 0.15) is 5.15 Å². The Kier molecular flexibility index (Phi) is 3.05. The molecule has 0 aliphatic rings. The maximum Gasteiger partial charge on any atom is 0.129 e. The van der Waals surface area contributed by atoms with Crippen LogP contribution in [0.5, 0.6) is 0 Å². The standard InChI is InChI=1S/C8H9ClN2/c1-2-10-5-7-3-4-8(9)11-6-7/h2-4,6H,5H2,1H3. The molecule has 0 bridgehead atoms. The van der Waals surface area contributed by atoms with Gasteiger partial charge in [0.05, 0.1) is 6.54 Å². The molecule has 0 amide bonds. The van der Waals surface area contributed by atoms with Crippen LogP contribution in [0.1, 0.15) is 12.5 Å². The molecule has 0 unspecified atom stereocenters. The van der Waals surface area contributed by atoms with Gasteiger partial charge in [-0.05, 0) is 24.8 Å². The van der Waals surface area contributed by atoms with Crippen LogP contribution in [0.3, 0.4) is 0 Å². The zero-order valence-electron chi connectivity index (χ0n) is 6.29. The first-order valence-corrected chi connectivity index (χ1v) is 3.75. The molecule has 11 heavy (non-hydrogen) atoms. The number of aliphatic imine (C=N–C) groups is 1. The molecule has 0 aliphatic carbocycles. The van der Waals surface area contributed by atoms with Crippen molar-refractivity contribution in [2.45, 2.75) is 13.5 Å². The molecule has 0 N–H and O–H groups in total. The smallest absolute Gasteiger partial charge is 0.129 e. The summed E-state index contributed by atoms with van der Waals surface area (Å²) in [6.45, 7) is 2.57. The number of hydrogen-bond acceptors (Lipinski definition) is 2. The van der Waals surface area contributed by atoms with Crippen molar-refractivity contribution in [2.75, 3.05) is 0 Å². The topological polar surface area (TPSA) is 25.2 Å². The predicted molar refractivity (Wildman–Crippen MR) is 47.1 cm³/mol. The Morgan fingerprint density at radius 3 is 3.00 bits per heavy atom. The fourth-order valence-corrected chi connectivity index (χ4v) is 0.808. The van der Waals surface area contributed by atoms with Gasteiger partial charge in [-0.1, -0.05) is 17.7 Å². The lowest BCUT2D eigenvalue weighted by Gasteiger charge is -1.93. The first-order chi connectivity index (χ1) is 5.33. The molecule has 0 saturated heterocycles. The number of halogens is 1. The molecule has 0 radical (unpaired) electrons. The van der Waals surface area contributed by atoms with Gasteiger partial charge >= 0.3 is 0 Å². The van der Waals surface area contributed by atoms with Crippen LogP contribution in [0.25, 0.3) is 0 Å². The van der Waals surface area contributed by atoms with Crippen molar-refractivity contribution < 1.29 is 0 Å². The van der Waals surface area contributed by atoms with E-state index in [2.05, 4.69) is 9.98 Å². The fraction of sp³-hybridized carbons (Fsp3) is 0.250. The van der Waals surface area contributed by atoms with Crippen LogP contribution in [-0.2, 0) is 6.54 Å². The normalized spacial score (nSPS) is 10.7. The van der Waals surface area contributed by atoms with Crippen LogP contribution >= 0.6 is 11.6 Å². The average Bonchev–Trinajstić information content (AvgIpc) is 2.04. The van der Waals surface area contributed by atoms with Gasteiger partial charge in [-0.15, -0.1) is 0 Å². The monoisotopic (exact) mass is 168 g/mol. The molecule has 1 aromatic heterocycles. The zero-order valence-corrected chi connectivity index (χ0v) is 7.04. The molecule has 1 heterocycles. The first kappa shape index (κ1) is 8.21. The molecule has 0 atom stereocenters. The number of nitrogens with zero attached hydrogens (tertiary/aromatic N) is 2. The lowest BCUT2D eigenvalue weighted by Crippen LogP contribution is -1.82. The highest BCUT2D eigenvalue weighted by Gasteiger charge is 1.90. The highest BCUT2D eigenvalue weighted by Crippen LogP contribution is 2.05. The third-order valence-electron chi connectivity index (χ3n) is 1.25. The number of rotatable bonds is 2. The minimum absolute atomic E-state index is 0.522. The van der Waals surface area contributed by atoms with Crippen LogP contribution < -0.4 is 0 Å². The van der Waals surface area contributed by atoms with Crippen molar-refractivity contribution in [1.29, 1.82) is 0 Å². The molecular weight excluding hydrogens is 160 g/mol. The zero-order chi connectivity index (χ0) is 8.10. The number of aromatic nitrogens is 1. The fourth-order valence-electron chi connectivity index (χ4n) is 0.697. The van der Waals surface area contributed by atoms with Crippen LogP contribution in [0.4, 0.5) is 0 Å². The summed E-state index contributed by atoms with van der Waals surface area (Å²) >= 11 is 5.60. The van der Waals surface area contributed by atoms with Gasteiger partial charge in [-0.3, -0.25) is 4.99 Å². The molecule has 3 heteroatoms. The third-order valence-corrected chi connectivity index (χ3v) is 1.47. The average molecular weight is 169 g/mol. The van der Waals surface area contributed by atoms with E-state index in [1.54, 1.807) is 18.5 Å². The van der Waals surface area contributed by atoms with E-state index in [1.807, 2.05) is 13.0 Å². The molecule has 0 fully saturated rings. The molecule has 0 spiro atoms. The van der Waals surface area contributed by atoms with Crippen molar-refractivity contribution in [2.24, 2.45) is 4.99 Å². The Hall–Kier alpha value is -0.890. The maximum atomic E-state index is 5.60. The number of pyridine rings is 1. The summed E-state index contributed by atoms with van der Waals surface area (Å²) in [5, 5.41) is 0.522. The molecular formula is C8H9ClN2. The van der Waals surface area contributed by atoms with Gasteiger partial charge in [-0.2, -0.15) is 0 Å². The lowest BCUT2D eigenvalue weighted by molar-refractivity contribution is 1.05. The van der Waals surface area contributed by atoms with E-state index in [9.17, 15) is 0 Å². The molecule has 0 aliphatic heterocycles.